The van der Waals surface area contributed by atoms with Gasteiger partial charge in [0.1, 0.15) is 11.2 Å². The molecule has 10 nitrogen and oxygen atoms in total. The fourth-order valence-electron chi connectivity index (χ4n) is 3.87. The molecule has 0 fully saturated rings. The van der Waals surface area contributed by atoms with Crippen LogP contribution in [0.25, 0.3) is 56.0 Å². The average molecular weight is 464 g/mol. The molecular weight excluding hydrogens is 444 g/mol. The quantitative estimate of drug-likeness (QED) is 0.333. The predicted molar refractivity (Wildman–Crippen MR) is 131 cm³/mol. The number of hydrogen-bond acceptors (Lipinski definition) is 7. The molecule has 0 bridgehead atoms. The normalized spacial score (nSPS) is 11.5. The van der Waals surface area contributed by atoms with Gasteiger partial charge in [-0.05, 0) is 24.3 Å². The highest BCUT2D eigenvalue weighted by atomic mass is 16.3. The van der Waals surface area contributed by atoms with E-state index in [4.69, 9.17) is 9.40 Å². The monoisotopic (exact) mass is 464 g/mol. The molecule has 1 amide bonds. The number of amides is 1. The summed E-state index contributed by atoms with van der Waals surface area (Å²) in [4.78, 5) is 33.4. The van der Waals surface area contributed by atoms with E-state index >= 15 is 0 Å². The molecule has 6 rings (SSSR count). The lowest BCUT2D eigenvalue weighted by atomic mass is 10.1. The lowest BCUT2D eigenvalue weighted by Gasteiger charge is -2.09. The van der Waals surface area contributed by atoms with Crippen LogP contribution in [0.3, 0.4) is 0 Å². The Kier molecular flexibility index (Phi) is 4.84. The second-order valence-corrected chi connectivity index (χ2v) is 8.45. The number of H-pyrrole nitrogens is 2. The van der Waals surface area contributed by atoms with E-state index in [2.05, 4.69) is 35.5 Å². The molecule has 6 aromatic rings. The van der Waals surface area contributed by atoms with Crippen molar-refractivity contribution in [3.63, 3.8) is 0 Å². The van der Waals surface area contributed by atoms with Gasteiger partial charge >= 0.3 is 0 Å². The standard InChI is InChI=1S/C25H20N8O2/c1-13(2)25(34)29-17-7-15(9-26-11-17)16-8-19-21(32-33-22(19)28-10-16)24-30-20-18(14-4-6-35-12-14)3-5-27-23(20)31-24/h3-13H,1-2H3,(H,29,34)(H,27,30,31)(H,28,32,33). The zero-order valence-electron chi connectivity index (χ0n) is 18.9. The van der Waals surface area contributed by atoms with Gasteiger partial charge in [0, 0.05) is 46.8 Å². The van der Waals surface area contributed by atoms with Gasteiger partial charge in [0.05, 0.1) is 29.8 Å². The van der Waals surface area contributed by atoms with Crippen LogP contribution >= 0.6 is 0 Å². The average Bonchev–Trinajstić information content (AvgIpc) is 3.62. The molecule has 0 spiro atoms. The Bertz CT molecular complexity index is 1680. The summed E-state index contributed by atoms with van der Waals surface area (Å²) in [5.41, 5.74) is 6.75. The number of imidazole rings is 1. The lowest BCUT2D eigenvalue weighted by Crippen LogP contribution is -2.17. The van der Waals surface area contributed by atoms with Crippen LogP contribution in [0.5, 0.6) is 0 Å². The molecular formula is C25H20N8O2. The molecule has 0 unspecified atom stereocenters. The third-order valence-corrected chi connectivity index (χ3v) is 5.72. The topological polar surface area (TPSA) is 138 Å². The fraction of sp³-hybridized carbons (Fsp3) is 0.120. The maximum Gasteiger partial charge on any atom is 0.226 e. The molecule has 0 saturated carbocycles. The summed E-state index contributed by atoms with van der Waals surface area (Å²) in [6.45, 7) is 3.69. The van der Waals surface area contributed by atoms with Gasteiger partial charge in [0.2, 0.25) is 5.91 Å². The SMILES string of the molecule is CC(C)C(=O)Nc1cncc(-c2cnc3[nH]nc(-c4nc5c(-c6ccoc6)ccnc5[nH]4)c3c2)c1. The van der Waals surface area contributed by atoms with Gasteiger partial charge in [-0.2, -0.15) is 5.10 Å². The Labute approximate surface area is 198 Å². The number of anilines is 1. The minimum Gasteiger partial charge on any atom is -0.472 e. The van der Waals surface area contributed by atoms with E-state index in [1.165, 1.54) is 0 Å². The van der Waals surface area contributed by atoms with Gasteiger partial charge in [-0.1, -0.05) is 13.8 Å². The van der Waals surface area contributed by atoms with E-state index in [0.717, 1.165) is 33.2 Å². The van der Waals surface area contributed by atoms with Crippen molar-refractivity contribution in [1.82, 2.24) is 35.1 Å². The Morgan fingerprint density at radius 1 is 1.03 bits per heavy atom. The first-order valence-electron chi connectivity index (χ1n) is 11.0. The first-order chi connectivity index (χ1) is 17.1. The van der Waals surface area contributed by atoms with E-state index in [-0.39, 0.29) is 11.8 Å². The third kappa shape index (κ3) is 3.70. The van der Waals surface area contributed by atoms with Gasteiger partial charge < -0.3 is 14.7 Å². The van der Waals surface area contributed by atoms with Gasteiger partial charge in [0.15, 0.2) is 17.1 Å². The first kappa shape index (κ1) is 20.7. The molecule has 0 aromatic carbocycles. The minimum absolute atomic E-state index is 0.0667. The van der Waals surface area contributed by atoms with Gasteiger partial charge in [-0.25, -0.2) is 15.0 Å². The number of aromatic amines is 2. The number of pyridine rings is 3. The van der Waals surface area contributed by atoms with Gasteiger partial charge in [0.25, 0.3) is 0 Å². The number of rotatable bonds is 5. The summed E-state index contributed by atoms with van der Waals surface area (Å²) in [5.74, 6) is 0.380. The lowest BCUT2D eigenvalue weighted by molar-refractivity contribution is -0.118. The molecule has 0 aliphatic heterocycles. The molecule has 0 radical (unpaired) electrons. The molecule has 0 atom stereocenters. The molecule has 6 aromatic heterocycles. The van der Waals surface area contributed by atoms with E-state index in [1.54, 1.807) is 37.3 Å². The van der Waals surface area contributed by atoms with Crippen LogP contribution in [-0.4, -0.2) is 41.0 Å². The van der Waals surface area contributed by atoms with Crippen molar-refractivity contribution >= 4 is 33.8 Å². The maximum atomic E-state index is 12.1. The second-order valence-electron chi connectivity index (χ2n) is 8.45. The number of furan rings is 1. The summed E-state index contributed by atoms with van der Waals surface area (Å²) in [7, 11) is 0. The third-order valence-electron chi connectivity index (χ3n) is 5.72. The van der Waals surface area contributed by atoms with Crippen LogP contribution in [0.2, 0.25) is 0 Å². The van der Waals surface area contributed by atoms with Gasteiger partial charge in [-0.3, -0.25) is 14.9 Å². The molecule has 0 aliphatic carbocycles. The Balaban J connectivity index is 1.41. The van der Waals surface area contributed by atoms with Crippen LogP contribution < -0.4 is 5.32 Å². The molecule has 35 heavy (non-hydrogen) atoms. The van der Waals surface area contributed by atoms with E-state index < -0.39 is 0 Å². The number of carbonyl (C=O) groups is 1. The number of nitrogens with zero attached hydrogens (tertiary/aromatic N) is 5. The van der Waals surface area contributed by atoms with E-state index in [1.807, 2.05) is 38.1 Å². The summed E-state index contributed by atoms with van der Waals surface area (Å²) >= 11 is 0. The number of fused-ring (bicyclic) bond motifs is 2. The molecule has 172 valence electrons. The Morgan fingerprint density at radius 2 is 1.91 bits per heavy atom. The van der Waals surface area contributed by atoms with Crippen molar-refractivity contribution < 1.29 is 9.21 Å². The van der Waals surface area contributed by atoms with Crippen LogP contribution in [0.1, 0.15) is 13.8 Å². The van der Waals surface area contributed by atoms with Crippen molar-refractivity contribution in [2.45, 2.75) is 13.8 Å². The van der Waals surface area contributed by atoms with Crippen LogP contribution in [-0.2, 0) is 4.79 Å². The van der Waals surface area contributed by atoms with E-state index in [0.29, 0.717) is 28.5 Å². The molecule has 10 heteroatoms. The first-order valence-corrected chi connectivity index (χ1v) is 11.0. The fourth-order valence-corrected chi connectivity index (χ4v) is 3.87. The highest BCUT2D eigenvalue weighted by molar-refractivity contribution is 5.96. The highest BCUT2D eigenvalue weighted by Gasteiger charge is 2.17. The van der Waals surface area contributed by atoms with Gasteiger partial charge in [-0.15, -0.1) is 0 Å². The smallest absolute Gasteiger partial charge is 0.226 e. The zero-order valence-corrected chi connectivity index (χ0v) is 18.9. The summed E-state index contributed by atoms with van der Waals surface area (Å²) < 4.78 is 5.24. The largest absolute Gasteiger partial charge is 0.472 e. The number of carbonyl (C=O) groups excluding carboxylic acids is 1. The Morgan fingerprint density at radius 3 is 2.74 bits per heavy atom. The molecule has 3 N–H and O–H groups in total. The van der Waals surface area contributed by atoms with Crippen molar-refractivity contribution in [2.24, 2.45) is 5.92 Å². The predicted octanol–water partition coefficient (Wildman–Crippen LogP) is 4.81. The highest BCUT2D eigenvalue weighted by Crippen LogP contribution is 2.32. The van der Waals surface area contributed by atoms with Crippen LogP contribution in [0.4, 0.5) is 5.69 Å². The summed E-state index contributed by atoms with van der Waals surface area (Å²) in [6, 6.07) is 7.63. The van der Waals surface area contributed by atoms with Crippen molar-refractivity contribution in [3.05, 3.63) is 61.6 Å². The van der Waals surface area contributed by atoms with Crippen molar-refractivity contribution in [3.8, 4) is 33.8 Å². The summed E-state index contributed by atoms with van der Waals surface area (Å²) in [5, 5.41) is 11.1. The zero-order chi connectivity index (χ0) is 23.9. The number of hydrogen-bond donors (Lipinski definition) is 3. The molecule has 6 heterocycles. The van der Waals surface area contributed by atoms with Crippen LogP contribution in [0.15, 0.2) is 66.0 Å². The number of nitrogens with one attached hydrogen (secondary N) is 3. The van der Waals surface area contributed by atoms with Crippen molar-refractivity contribution in [2.75, 3.05) is 5.32 Å². The number of aromatic nitrogens is 7. The van der Waals surface area contributed by atoms with Crippen LogP contribution in [0, 0.1) is 5.92 Å². The van der Waals surface area contributed by atoms with E-state index in [9.17, 15) is 4.79 Å². The molecule has 0 aliphatic rings. The Hall–Kier alpha value is -4.86. The summed E-state index contributed by atoms with van der Waals surface area (Å²) in [6.07, 6.45) is 10.1. The van der Waals surface area contributed by atoms with Crippen molar-refractivity contribution in [1.29, 1.82) is 0 Å². The second kappa shape index (κ2) is 8.17. The minimum atomic E-state index is -0.127. The maximum absolute atomic E-state index is 12.1. The molecule has 0 saturated heterocycles.